The summed E-state index contributed by atoms with van der Waals surface area (Å²) < 4.78 is 10.2. The molecule has 4 nitrogen and oxygen atoms in total. The molecule has 0 heterocycles. The molecule has 0 aromatic heterocycles. The molecule has 0 aliphatic carbocycles. The van der Waals surface area contributed by atoms with Crippen LogP contribution >= 0.6 is 0 Å². The first-order chi connectivity index (χ1) is 7.28. The number of ether oxygens (including phenoxy) is 2. The van der Waals surface area contributed by atoms with Crippen LogP contribution in [-0.2, 0) is 19.1 Å². The van der Waals surface area contributed by atoms with Gasteiger partial charge in [0.2, 0.25) is 0 Å². The van der Waals surface area contributed by atoms with Gasteiger partial charge in [-0.15, -0.1) is 0 Å². The number of esters is 2. The molecule has 0 aromatic carbocycles. The standard InChI is InChI=1S/C12H22O4/c1-6-9(15-10(13)7-2)8-11(14)16-12(3,4)5/h9H,6-8H2,1-5H3. The zero-order chi connectivity index (χ0) is 12.8. The molecule has 0 aliphatic heterocycles. The molecule has 1 atom stereocenters. The van der Waals surface area contributed by atoms with Gasteiger partial charge in [-0.3, -0.25) is 9.59 Å². The molecule has 94 valence electrons. The van der Waals surface area contributed by atoms with Crippen LogP contribution in [0.1, 0.15) is 53.9 Å². The van der Waals surface area contributed by atoms with E-state index >= 15 is 0 Å². The van der Waals surface area contributed by atoms with Crippen molar-refractivity contribution in [2.75, 3.05) is 0 Å². The van der Waals surface area contributed by atoms with Crippen LogP contribution < -0.4 is 0 Å². The van der Waals surface area contributed by atoms with Crippen molar-refractivity contribution in [2.24, 2.45) is 0 Å². The van der Waals surface area contributed by atoms with E-state index in [9.17, 15) is 9.59 Å². The number of rotatable bonds is 5. The van der Waals surface area contributed by atoms with E-state index in [2.05, 4.69) is 0 Å². The van der Waals surface area contributed by atoms with E-state index in [1.807, 2.05) is 27.7 Å². The van der Waals surface area contributed by atoms with Gasteiger partial charge in [0.05, 0.1) is 6.42 Å². The molecule has 4 heteroatoms. The topological polar surface area (TPSA) is 52.6 Å². The minimum Gasteiger partial charge on any atom is -0.462 e. The predicted octanol–water partition coefficient (Wildman–Crippen LogP) is 2.45. The van der Waals surface area contributed by atoms with Crippen LogP contribution in [0.5, 0.6) is 0 Å². The third-order valence-electron chi connectivity index (χ3n) is 1.86. The number of hydrogen-bond donors (Lipinski definition) is 0. The highest BCUT2D eigenvalue weighted by atomic mass is 16.6. The van der Waals surface area contributed by atoms with Crippen molar-refractivity contribution in [3.63, 3.8) is 0 Å². The van der Waals surface area contributed by atoms with Gasteiger partial charge >= 0.3 is 11.9 Å². The molecule has 0 fully saturated rings. The summed E-state index contributed by atoms with van der Waals surface area (Å²) in [7, 11) is 0. The Hall–Kier alpha value is -1.06. The SMILES string of the molecule is CCC(=O)OC(CC)CC(=O)OC(C)(C)C. The normalized spacial score (nSPS) is 13.1. The molecule has 0 bridgehead atoms. The van der Waals surface area contributed by atoms with Crippen LogP contribution in [0.15, 0.2) is 0 Å². The fourth-order valence-corrected chi connectivity index (χ4v) is 1.11. The second-order valence-corrected chi connectivity index (χ2v) is 4.66. The Bertz CT molecular complexity index is 240. The summed E-state index contributed by atoms with van der Waals surface area (Å²) in [6, 6.07) is 0. The molecule has 16 heavy (non-hydrogen) atoms. The predicted molar refractivity (Wildman–Crippen MR) is 60.9 cm³/mol. The van der Waals surface area contributed by atoms with Crippen LogP contribution in [0.3, 0.4) is 0 Å². The number of hydrogen-bond acceptors (Lipinski definition) is 4. The van der Waals surface area contributed by atoms with Crippen molar-refractivity contribution < 1.29 is 19.1 Å². The summed E-state index contributed by atoms with van der Waals surface area (Å²) in [6.07, 6.45) is 0.692. The van der Waals surface area contributed by atoms with Crippen LogP contribution in [0, 0.1) is 0 Å². The van der Waals surface area contributed by atoms with Gasteiger partial charge in [-0.2, -0.15) is 0 Å². The minimum atomic E-state index is -0.496. The number of carbonyl (C=O) groups excluding carboxylic acids is 2. The van der Waals surface area contributed by atoms with Gasteiger partial charge in [0, 0.05) is 6.42 Å². The van der Waals surface area contributed by atoms with Gasteiger partial charge in [0.25, 0.3) is 0 Å². The zero-order valence-electron chi connectivity index (χ0n) is 10.8. The maximum absolute atomic E-state index is 11.5. The van der Waals surface area contributed by atoms with Gasteiger partial charge in [0.1, 0.15) is 11.7 Å². The first kappa shape index (κ1) is 14.9. The van der Waals surface area contributed by atoms with Gasteiger partial charge in [-0.05, 0) is 27.2 Å². The number of carbonyl (C=O) groups is 2. The van der Waals surface area contributed by atoms with E-state index in [4.69, 9.17) is 9.47 Å². The van der Waals surface area contributed by atoms with Gasteiger partial charge < -0.3 is 9.47 Å². The molecule has 0 radical (unpaired) electrons. The first-order valence-electron chi connectivity index (χ1n) is 5.69. The summed E-state index contributed by atoms with van der Waals surface area (Å²) in [4.78, 5) is 22.6. The Morgan fingerprint density at radius 2 is 1.69 bits per heavy atom. The molecule has 0 rings (SSSR count). The van der Waals surface area contributed by atoms with Gasteiger partial charge in [-0.25, -0.2) is 0 Å². The lowest BCUT2D eigenvalue weighted by atomic mass is 10.1. The molecule has 0 N–H and O–H groups in total. The lowest BCUT2D eigenvalue weighted by molar-refractivity contribution is -0.161. The zero-order valence-corrected chi connectivity index (χ0v) is 10.8. The third kappa shape index (κ3) is 7.26. The van der Waals surface area contributed by atoms with Gasteiger partial charge in [-0.1, -0.05) is 13.8 Å². The highest BCUT2D eigenvalue weighted by molar-refractivity contribution is 5.72. The fourth-order valence-electron chi connectivity index (χ4n) is 1.11. The molecule has 0 aromatic rings. The van der Waals surface area contributed by atoms with E-state index < -0.39 is 5.60 Å². The average molecular weight is 230 g/mol. The van der Waals surface area contributed by atoms with Crippen LogP contribution in [-0.4, -0.2) is 23.6 Å². The highest BCUT2D eigenvalue weighted by Gasteiger charge is 2.21. The Morgan fingerprint density at radius 3 is 2.06 bits per heavy atom. The van der Waals surface area contributed by atoms with E-state index in [0.717, 1.165) is 0 Å². The summed E-state index contributed by atoms with van der Waals surface area (Å²) in [5.41, 5.74) is -0.496. The van der Waals surface area contributed by atoms with Crippen molar-refractivity contribution >= 4 is 11.9 Å². The summed E-state index contributed by atoms with van der Waals surface area (Å²) in [6.45, 7) is 9.03. The lowest BCUT2D eigenvalue weighted by Crippen LogP contribution is -2.28. The Morgan fingerprint density at radius 1 is 1.12 bits per heavy atom. The van der Waals surface area contributed by atoms with Crippen molar-refractivity contribution in [3.05, 3.63) is 0 Å². The highest BCUT2D eigenvalue weighted by Crippen LogP contribution is 2.12. The smallest absolute Gasteiger partial charge is 0.310 e. The third-order valence-corrected chi connectivity index (χ3v) is 1.86. The second kappa shape index (κ2) is 6.51. The van der Waals surface area contributed by atoms with E-state index in [-0.39, 0.29) is 24.5 Å². The maximum atomic E-state index is 11.5. The molecule has 0 aliphatic rings. The van der Waals surface area contributed by atoms with Crippen molar-refractivity contribution in [2.45, 2.75) is 65.6 Å². The van der Waals surface area contributed by atoms with Crippen LogP contribution in [0.4, 0.5) is 0 Å². The molecular formula is C12H22O4. The Labute approximate surface area is 97.3 Å². The Kier molecular flexibility index (Phi) is 6.08. The van der Waals surface area contributed by atoms with E-state index in [1.54, 1.807) is 6.92 Å². The van der Waals surface area contributed by atoms with E-state index in [0.29, 0.717) is 12.8 Å². The first-order valence-corrected chi connectivity index (χ1v) is 5.69. The van der Waals surface area contributed by atoms with Crippen LogP contribution in [0.2, 0.25) is 0 Å². The molecule has 0 saturated carbocycles. The minimum absolute atomic E-state index is 0.125. The lowest BCUT2D eigenvalue weighted by Gasteiger charge is -2.21. The monoisotopic (exact) mass is 230 g/mol. The van der Waals surface area contributed by atoms with Gasteiger partial charge in [0.15, 0.2) is 0 Å². The maximum Gasteiger partial charge on any atom is 0.310 e. The van der Waals surface area contributed by atoms with Crippen molar-refractivity contribution in [1.29, 1.82) is 0 Å². The van der Waals surface area contributed by atoms with Crippen LogP contribution in [0.25, 0.3) is 0 Å². The van der Waals surface area contributed by atoms with Crippen molar-refractivity contribution in [1.82, 2.24) is 0 Å². The summed E-state index contributed by atoms with van der Waals surface area (Å²) in [5, 5.41) is 0. The molecule has 0 amide bonds. The summed E-state index contributed by atoms with van der Waals surface area (Å²) >= 11 is 0. The second-order valence-electron chi connectivity index (χ2n) is 4.66. The molecular weight excluding hydrogens is 208 g/mol. The Balaban J connectivity index is 4.12. The fraction of sp³-hybridized carbons (Fsp3) is 0.833. The van der Waals surface area contributed by atoms with Crippen molar-refractivity contribution in [3.8, 4) is 0 Å². The summed E-state index contributed by atoms with van der Waals surface area (Å²) in [5.74, 6) is -0.612. The molecule has 1 unspecified atom stereocenters. The molecule has 0 saturated heterocycles. The van der Waals surface area contributed by atoms with E-state index in [1.165, 1.54) is 0 Å². The quantitative estimate of drug-likeness (QED) is 0.681. The average Bonchev–Trinajstić information content (AvgIpc) is 2.13. The largest absolute Gasteiger partial charge is 0.462 e. The molecule has 0 spiro atoms.